The molecule has 0 fully saturated rings. The summed E-state index contributed by atoms with van der Waals surface area (Å²) in [5.74, 6) is 0. The minimum absolute atomic E-state index is 0.397. The van der Waals surface area contributed by atoms with Gasteiger partial charge < -0.3 is 27.4 Å². The van der Waals surface area contributed by atoms with Crippen LogP contribution in [0.1, 0.15) is 11.1 Å². The van der Waals surface area contributed by atoms with E-state index in [2.05, 4.69) is 319 Å². The maximum atomic E-state index is 13.1. The van der Waals surface area contributed by atoms with Crippen LogP contribution in [-0.2, 0) is 0 Å². The third kappa shape index (κ3) is 6.24. The van der Waals surface area contributed by atoms with E-state index in [1.54, 1.807) is 0 Å². The summed E-state index contributed by atoms with van der Waals surface area (Å²) < 4.78 is 14.0. The van der Waals surface area contributed by atoms with Crippen LogP contribution in [0.5, 0.6) is 0 Å². The Morgan fingerprint density at radius 1 is 0.193 bits per heavy atom. The molecule has 0 amide bonds. The molecule has 0 N–H and O–H groups in total. The van der Waals surface area contributed by atoms with Crippen molar-refractivity contribution in [2.75, 3.05) is 0 Å². The van der Waals surface area contributed by atoms with E-state index < -0.39 is 0 Å². The lowest BCUT2D eigenvalue weighted by Crippen LogP contribution is -2.16. The van der Waals surface area contributed by atoms with Crippen LogP contribution in [0, 0.1) is 22.7 Å². The predicted molar refractivity (Wildman–Crippen MR) is 362 cm³/mol. The minimum atomic E-state index is 0.397. The van der Waals surface area contributed by atoms with Gasteiger partial charge in [0.05, 0.1) is 88.9 Å². The van der Waals surface area contributed by atoms with Crippen LogP contribution in [0.25, 0.3) is 165 Å². The number of aromatic nitrogens is 6. The molecule has 0 aliphatic rings. The van der Waals surface area contributed by atoms with E-state index >= 15 is 0 Å². The molecule has 406 valence electrons. The zero-order chi connectivity index (χ0) is 57.9. The average molecular weight is 1120 g/mol. The molecule has 0 aliphatic heterocycles. The van der Waals surface area contributed by atoms with Crippen LogP contribution in [0.2, 0.25) is 0 Å². The lowest BCUT2D eigenvalue weighted by molar-refractivity contribution is 1.02. The van der Waals surface area contributed by atoms with E-state index in [9.17, 15) is 10.5 Å². The first kappa shape index (κ1) is 48.1. The molecule has 19 aromatic rings. The van der Waals surface area contributed by atoms with Crippen LogP contribution in [0.4, 0.5) is 0 Å². The van der Waals surface area contributed by atoms with Crippen molar-refractivity contribution in [2.45, 2.75) is 0 Å². The van der Waals surface area contributed by atoms with Crippen molar-refractivity contribution in [2.24, 2.45) is 0 Å². The van der Waals surface area contributed by atoms with Crippen molar-refractivity contribution < 1.29 is 0 Å². The largest absolute Gasteiger partial charge is 0.309 e. The normalized spacial score (nSPS) is 12.1. The number of hydrogen-bond donors (Lipinski definition) is 0. The fraction of sp³-hybridized carbons (Fsp3) is 0. The highest BCUT2D eigenvalue weighted by molar-refractivity contribution is 6.28. The summed E-state index contributed by atoms with van der Waals surface area (Å²) in [5, 5.41) is 38.9. The van der Waals surface area contributed by atoms with Gasteiger partial charge in [-0.25, -0.2) is 0 Å². The molecule has 0 saturated heterocycles. The molecule has 0 radical (unpaired) electrons. The molecule has 0 aliphatic carbocycles. The minimum Gasteiger partial charge on any atom is -0.309 e. The fourth-order valence-corrected chi connectivity index (χ4v) is 15.3. The highest BCUT2D eigenvalue weighted by Crippen LogP contribution is 2.51. The Hall–Kier alpha value is -12.4. The second-order valence-electron chi connectivity index (χ2n) is 22.9. The van der Waals surface area contributed by atoms with E-state index in [0.29, 0.717) is 33.9 Å². The van der Waals surface area contributed by atoms with Crippen LogP contribution < -0.4 is 0 Å². The highest BCUT2D eigenvalue weighted by Gasteiger charge is 2.36. The summed E-state index contributed by atoms with van der Waals surface area (Å²) in [7, 11) is 0. The van der Waals surface area contributed by atoms with E-state index in [4.69, 9.17) is 0 Å². The van der Waals surface area contributed by atoms with Crippen LogP contribution in [0.15, 0.2) is 279 Å². The molecular formula is C80H46N8. The number of nitrogens with zero attached hydrogens (tertiary/aromatic N) is 8. The second kappa shape index (κ2) is 18.1. The van der Waals surface area contributed by atoms with Crippen molar-refractivity contribution in [3.8, 4) is 46.3 Å². The maximum Gasteiger partial charge on any atom is 0.104 e. The van der Waals surface area contributed by atoms with Gasteiger partial charge in [0.2, 0.25) is 0 Å². The van der Waals surface area contributed by atoms with Crippen LogP contribution in [-0.4, -0.2) is 27.4 Å². The number of benzene rings is 13. The summed E-state index contributed by atoms with van der Waals surface area (Å²) in [6, 6.07) is 105. The molecule has 0 bridgehead atoms. The van der Waals surface area contributed by atoms with Gasteiger partial charge in [0, 0.05) is 76.0 Å². The summed E-state index contributed by atoms with van der Waals surface area (Å²) in [6.45, 7) is 0. The molecule has 6 heterocycles. The average Bonchev–Trinajstić information content (AvgIpc) is 1.51. The van der Waals surface area contributed by atoms with E-state index in [1.165, 1.54) is 0 Å². The molecule has 19 rings (SSSR count). The third-order valence-electron chi connectivity index (χ3n) is 18.6. The SMILES string of the molecule is N#Cc1c(-n2c3ccccc3c3ccccc32)c(-n2c3ccccc3c3c2ccc2c4ccccc4n(-c4ccccc4)c23)c(C#N)c(-n2c3ccccc3c3ccccc32)c1-n1c2ccccc2c2c1ccc1c3ccccc3n(-c3ccccc3)c12. The van der Waals surface area contributed by atoms with Gasteiger partial charge in [0.25, 0.3) is 0 Å². The van der Waals surface area contributed by atoms with Crippen molar-refractivity contribution in [3.05, 3.63) is 290 Å². The predicted octanol–water partition coefficient (Wildman–Crippen LogP) is 20.0. The maximum absolute atomic E-state index is 13.1. The highest BCUT2D eigenvalue weighted by atomic mass is 15.1. The van der Waals surface area contributed by atoms with Crippen LogP contribution >= 0.6 is 0 Å². The van der Waals surface area contributed by atoms with Gasteiger partial charge >= 0.3 is 0 Å². The number of nitriles is 2. The van der Waals surface area contributed by atoms with Crippen LogP contribution in [0.3, 0.4) is 0 Å². The lowest BCUT2D eigenvalue weighted by atomic mass is 9.98. The number of fused-ring (bicyclic) bond motifs is 20. The Morgan fingerprint density at radius 2 is 0.420 bits per heavy atom. The molecule has 0 spiro atoms. The van der Waals surface area contributed by atoms with Gasteiger partial charge in [-0.05, 0) is 84.9 Å². The van der Waals surface area contributed by atoms with Gasteiger partial charge in [-0.1, -0.05) is 194 Å². The third-order valence-corrected chi connectivity index (χ3v) is 18.6. The molecule has 0 saturated carbocycles. The van der Waals surface area contributed by atoms with Gasteiger partial charge in [-0.15, -0.1) is 0 Å². The monoisotopic (exact) mass is 1120 g/mol. The molecule has 6 aromatic heterocycles. The Morgan fingerprint density at radius 3 is 0.716 bits per heavy atom. The van der Waals surface area contributed by atoms with Gasteiger partial charge in [-0.3, -0.25) is 0 Å². The molecule has 0 unspecified atom stereocenters. The standard InChI is InChI=1S/C80H46N8/c81-47-61-78(86-67-39-19-9-29-53(67)54-30-10-20-40-68(54)86)80(88-70-42-22-14-34-60(70)74-72(88)46-44-58-56-32-12-16-36-64(56)84(76(58)74)50-25-5-2-6-26-50)62(48-82)77(85-65-37-17-7-27-51(65)52-28-8-18-38-66(52)85)79(61)87-69-41-21-13-33-59(69)73-71(87)45-43-57-55-31-11-15-35-63(55)83(75(57)73)49-23-3-1-4-24-49/h1-46H. The number of hydrogen-bond acceptors (Lipinski definition) is 2. The van der Waals surface area contributed by atoms with E-state index in [0.717, 1.165) is 142 Å². The summed E-state index contributed by atoms with van der Waals surface area (Å²) in [5.41, 5.74) is 16.7. The first-order chi connectivity index (χ1) is 43.7. The number of rotatable bonds is 6. The molecule has 8 nitrogen and oxygen atoms in total. The van der Waals surface area contributed by atoms with Gasteiger partial charge in [0.1, 0.15) is 23.3 Å². The number of para-hydroxylation sites is 10. The summed E-state index contributed by atoms with van der Waals surface area (Å²) in [4.78, 5) is 0. The first-order valence-corrected chi connectivity index (χ1v) is 29.7. The molecule has 0 atom stereocenters. The van der Waals surface area contributed by atoms with Gasteiger partial charge in [0.15, 0.2) is 0 Å². The Labute approximate surface area is 502 Å². The van der Waals surface area contributed by atoms with E-state index in [-0.39, 0.29) is 0 Å². The Balaban J connectivity index is 1.09. The quantitative estimate of drug-likeness (QED) is 0.166. The van der Waals surface area contributed by atoms with Crippen molar-refractivity contribution in [1.29, 1.82) is 10.5 Å². The second-order valence-corrected chi connectivity index (χ2v) is 22.9. The Kier molecular flexibility index (Phi) is 9.87. The summed E-state index contributed by atoms with van der Waals surface area (Å²) in [6.07, 6.45) is 0. The molecular weight excluding hydrogens is 1070 g/mol. The van der Waals surface area contributed by atoms with Crippen molar-refractivity contribution >= 4 is 131 Å². The molecule has 88 heavy (non-hydrogen) atoms. The topological polar surface area (TPSA) is 77.2 Å². The van der Waals surface area contributed by atoms with Crippen molar-refractivity contribution in [1.82, 2.24) is 27.4 Å². The smallest absolute Gasteiger partial charge is 0.104 e. The zero-order valence-corrected chi connectivity index (χ0v) is 47.1. The first-order valence-electron chi connectivity index (χ1n) is 29.7. The fourth-order valence-electron chi connectivity index (χ4n) is 15.3. The zero-order valence-electron chi connectivity index (χ0n) is 47.1. The van der Waals surface area contributed by atoms with Crippen molar-refractivity contribution in [3.63, 3.8) is 0 Å². The Bertz CT molecular complexity index is 5830. The molecule has 13 aromatic carbocycles. The molecule has 8 heteroatoms. The van der Waals surface area contributed by atoms with E-state index in [1.807, 2.05) is 0 Å². The summed E-state index contributed by atoms with van der Waals surface area (Å²) >= 11 is 0. The van der Waals surface area contributed by atoms with Gasteiger partial charge in [-0.2, -0.15) is 10.5 Å². The lowest BCUT2D eigenvalue weighted by Gasteiger charge is -2.27.